The van der Waals surface area contributed by atoms with Crippen molar-refractivity contribution in [2.24, 2.45) is 0 Å². The summed E-state index contributed by atoms with van der Waals surface area (Å²) in [6.07, 6.45) is 3.37. The highest BCUT2D eigenvalue weighted by Crippen LogP contribution is 2.23. The molecule has 0 saturated heterocycles. The number of pyridine rings is 1. The van der Waals surface area contributed by atoms with Crippen LogP contribution in [0.15, 0.2) is 42.7 Å². The molecule has 1 amide bonds. The van der Waals surface area contributed by atoms with Gasteiger partial charge < -0.3 is 11.1 Å². The van der Waals surface area contributed by atoms with Crippen LogP contribution < -0.4 is 11.1 Å². The maximum atomic E-state index is 12.4. The van der Waals surface area contributed by atoms with Crippen molar-refractivity contribution in [3.8, 4) is 0 Å². The van der Waals surface area contributed by atoms with Crippen molar-refractivity contribution in [1.29, 1.82) is 0 Å². The van der Waals surface area contributed by atoms with E-state index in [0.29, 0.717) is 11.3 Å². The summed E-state index contributed by atoms with van der Waals surface area (Å²) in [6.45, 7) is 3.89. The molecule has 1 aromatic carbocycles. The van der Waals surface area contributed by atoms with Crippen LogP contribution in [0, 0.1) is 13.8 Å². The molecule has 2 aromatic heterocycles. The van der Waals surface area contributed by atoms with E-state index in [1.807, 2.05) is 38.1 Å². The summed E-state index contributed by atoms with van der Waals surface area (Å²) < 4.78 is 1.67. The zero-order valence-corrected chi connectivity index (χ0v) is 11.9. The van der Waals surface area contributed by atoms with E-state index in [4.69, 9.17) is 5.73 Å². The maximum absolute atomic E-state index is 12.4. The van der Waals surface area contributed by atoms with Crippen molar-refractivity contribution >= 4 is 22.8 Å². The summed E-state index contributed by atoms with van der Waals surface area (Å²) in [6, 6.07) is 9.35. The molecule has 0 aliphatic heterocycles. The molecule has 5 nitrogen and oxygen atoms in total. The molecule has 3 N–H and O–H groups in total. The van der Waals surface area contributed by atoms with Crippen molar-refractivity contribution in [3.63, 3.8) is 0 Å². The lowest BCUT2D eigenvalue weighted by molar-refractivity contribution is 0.102. The highest BCUT2D eigenvalue weighted by molar-refractivity contribution is 6.09. The number of nitrogens with two attached hydrogens (primary N) is 1. The Kier molecular flexibility index (Phi) is 3.10. The van der Waals surface area contributed by atoms with Crippen LogP contribution in [0.2, 0.25) is 0 Å². The summed E-state index contributed by atoms with van der Waals surface area (Å²) in [5.74, 6) is -0.192. The van der Waals surface area contributed by atoms with Gasteiger partial charge in [0.05, 0.1) is 17.3 Å². The van der Waals surface area contributed by atoms with Gasteiger partial charge in [-0.3, -0.25) is 4.79 Å². The van der Waals surface area contributed by atoms with Crippen LogP contribution in [0.3, 0.4) is 0 Å². The molecule has 0 spiro atoms. The average molecular weight is 280 g/mol. The number of nitrogens with zero attached hydrogens (tertiary/aromatic N) is 2. The quantitative estimate of drug-likeness (QED) is 0.709. The Labute approximate surface area is 122 Å². The Balaban J connectivity index is 1.95. The molecule has 0 radical (unpaired) electrons. The molecule has 0 unspecified atom stereocenters. The number of hydrogen-bond acceptors (Lipinski definition) is 3. The molecule has 3 aromatic rings. The van der Waals surface area contributed by atoms with E-state index in [1.54, 1.807) is 23.0 Å². The molecule has 2 heterocycles. The third-order valence-corrected chi connectivity index (χ3v) is 3.53. The monoisotopic (exact) mass is 280 g/mol. The van der Waals surface area contributed by atoms with Crippen molar-refractivity contribution in [1.82, 2.24) is 9.61 Å². The lowest BCUT2D eigenvalue weighted by Crippen LogP contribution is -2.13. The Morgan fingerprint density at radius 2 is 2.05 bits per heavy atom. The topological polar surface area (TPSA) is 72.4 Å². The van der Waals surface area contributed by atoms with E-state index in [1.165, 1.54) is 0 Å². The largest absolute Gasteiger partial charge is 0.398 e. The summed E-state index contributed by atoms with van der Waals surface area (Å²) in [5, 5.41) is 7.07. The van der Waals surface area contributed by atoms with Crippen LogP contribution in [0.25, 0.3) is 5.52 Å². The number of hydrogen-bond donors (Lipinski definition) is 2. The molecule has 0 atom stereocenters. The predicted molar refractivity (Wildman–Crippen MR) is 83.5 cm³/mol. The number of amides is 1. The first-order chi connectivity index (χ1) is 10.1. The van der Waals surface area contributed by atoms with E-state index in [0.717, 1.165) is 22.3 Å². The first-order valence-corrected chi connectivity index (χ1v) is 6.66. The second-order valence-electron chi connectivity index (χ2n) is 5.07. The number of rotatable bonds is 2. The zero-order chi connectivity index (χ0) is 15.0. The van der Waals surface area contributed by atoms with Gasteiger partial charge in [-0.2, -0.15) is 5.10 Å². The van der Waals surface area contributed by atoms with Crippen molar-refractivity contribution < 1.29 is 4.79 Å². The van der Waals surface area contributed by atoms with E-state index in [2.05, 4.69) is 10.4 Å². The third-order valence-electron chi connectivity index (χ3n) is 3.53. The molecule has 5 heteroatoms. The van der Waals surface area contributed by atoms with E-state index in [-0.39, 0.29) is 5.91 Å². The number of carbonyl (C=O) groups is 1. The number of nitrogen functional groups attached to an aromatic ring is 1. The van der Waals surface area contributed by atoms with Gasteiger partial charge in [-0.05, 0) is 43.2 Å². The minimum absolute atomic E-state index is 0.192. The maximum Gasteiger partial charge on any atom is 0.259 e. The third kappa shape index (κ3) is 2.33. The summed E-state index contributed by atoms with van der Waals surface area (Å²) >= 11 is 0. The fourth-order valence-corrected chi connectivity index (χ4v) is 2.30. The lowest BCUT2D eigenvalue weighted by Gasteiger charge is -2.10. The van der Waals surface area contributed by atoms with Crippen LogP contribution in [0.1, 0.15) is 21.5 Å². The van der Waals surface area contributed by atoms with Crippen molar-refractivity contribution in [2.75, 3.05) is 11.1 Å². The smallest absolute Gasteiger partial charge is 0.259 e. The van der Waals surface area contributed by atoms with Gasteiger partial charge in [-0.25, -0.2) is 4.52 Å². The lowest BCUT2D eigenvalue weighted by atomic mass is 10.1. The minimum Gasteiger partial charge on any atom is -0.398 e. The molecule has 0 fully saturated rings. The highest BCUT2D eigenvalue weighted by atomic mass is 16.1. The van der Waals surface area contributed by atoms with E-state index < -0.39 is 0 Å². The predicted octanol–water partition coefficient (Wildman–Crippen LogP) is 2.79. The Morgan fingerprint density at radius 1 is 1.24 bits per heavy atom. The number of nitrogens with one attached hydrogen (secondary N) is 1. The summed E-state index contributed by atoms with van der Waals surface area (Å²) in [5.41, 5.74) is 10.6. The molecule has 0 bridgehead atoms. The van der Waals surface area contributed by atoms with Crippen molar-refractivity contribution in [3.05, 3.63) is 59.4 Å². The Hall–Kier alpha value is -2.82. The molecular weight excluding hydrogens is 264 g/mol. The van der Waals surface area contributed by atoms with Crippen LogP contribution in [0.5, 0.6) is 0 Å². The number of aryl methyl sites for hydroxylation is 2. The number of carbonyl (C=O) groups excluding carboxylic acids is 1. The Morgan fingerprint density at radius 3 is 2.86 bits per heavy atom. The van der Waals surface area contributed by atoms with Gasteiger partial charge in [-0.1, -0.05) is 12.1 Å². The molecule has 0 saturated carbocycles. The van der Waals surface area contributed by atoms with Gasteiger partial charge in [0.25, 0.3) is 5.91 Å². The number of aromatic nitrogens is 2. The van der Waals surface area contributed by atoms with Gasteiger partial charge in [0.2, 0.25) is 0 Å². The van der Waals surface area contributed by atoms with Gasteiger partial charge in [0.15, 0.2) is 0 Å². The van der Waals surface area contributed by atoms with E-state index >= 15 is 0 Å². The first-order valence-electron chi connectivity index (χ1n) is 6.66. The number of anilines is 2. The molecule has 106 valence electrons. The normalized spacial score (nSPS) is 10.8. The minimum atomic E-state index is -0.192. The standard InChI is InChI=1S/C16H16N4O/c1-10-7-11(2)14(8-13(10)17)19-16(21)12-9-18-20-6-4-3-5-15(12)20/h3-9H,17H2,1-2H3,(H,19,21). The van der Waals surface area contributed by atoms with Gasteiger partial charge in [0.1, 0.15) is 0 Å². The number of benzene rings is 1. The molecule has 3 rings (SSSR count). The second-order valence-corrected chi connectivity index (χ2v) is 5.07. The molecule has 21 heavy (non-hydrogen) atoms. The van der Waals surface area contributed by atoms with Crippen LogP contribution in [0.4, 0.5) is 11.4 Å². The highest BCUT2D eigenvalue weighted by Gasteiger charge is 2.14. The van der Waals surface area contributed by atoms with E-state index in [9.17, 15) is 4.79 Å². The van der Waals surface area contributed by atoms with Gasteiger partial charge in [-0.15, -0.1) is 0 Å². The van der Waals surface area contributed by atoms with Crippen LogP contribution in [-0.4, -0.2) is 15.5 Å². The van der Waals surface area contributed by atoms with Gasteiger partial charge >= 0.3 is 0 Å². The van der Waals surface area contributed by atoms with Crippen LogP contribution in [-0.2, 0) is 0 Å². The Bertz CT molecular complexity index is 835. The summed E-state index contributed by atoms with van der Waals surface area (Å²) in [4.78, 5) is 12.4. The van der Waals surface area contributed by atoms with Gasteiger partial charge in [0, 0.05) is 17.6 Å². The van der Waals surface area contributed by atoms with Crippen LogP contribution >= 0.6 is 0 Å². The average Bonchev–Trinajstić information content (AvgIpc) is 2.88. The molecule has 0 aliphatic carbocycles. The fourth-order valence-electron chi connectivity index (χ4n) is 2.30. The summed E-state index contributed by atoms with van der Waals surface area (Å²) in [7, 11) is 0. The number of fused-ring (bicyclic) bond motifs is 1. The SMILES string of the molecule is Cc1cc(C)c(NC(=O)c2cnn3ccccc23)cc1N. The fraction of sp³-hybridized carbons (Fsp3) is 0.125. The first kappa shape index (κ1) is 13.2. The molecule has 0 aliphatic rings. The molecular formula is C16H16N4O. The zero-order valence-electron chi connectivity index (χ0n) is 11.9. The van der Waals surface area contributed by atoms with Crippen molar-refractivity contribution in [2.45, 2.75) is 13.8 Å². The second kappa shape index (κ2) is 4.94.